The average molecular weight is 444 g/mol. The van der Waals surface area contributed by atoms with Gasteiger partial charge in [-0.05, 0) is 45.7 Å². The van der Waals surface area contributed by atoms with Crippen molar-refractivity contribution in [1.82, 2.24) is 5.10 Å². The number of carbonyl (C=O) groups excluding carboxylic acids is 2. The van der Waals surface area contributed by atoms with E-state index in [4.69, 9.17) is 14.2 Å². The fourth-order valence-corrected chi connectivity index (χ4v) is 3.95. The Kier molecular flexibility index (Phi) is 5.91. The largest absolute Gasteiger partial charge is 0.612 e. The van der Waals surface area contributed by atoms with Gasteiger partial charge in [-0.2, -0.15) is 0 Å². The van der Waals surface area contributed by atoms with Crippen molar-refractivity contribution in [3.8, 4) is 11.1 Å². The zero-order valence-corrected chi connectivity index (χ0v) is 18.2. The first-order chi connectivity index (χ1) is 16.0. The molecule has 166 valence electrons. The quantitative estimate of drug-likeness (QED) is 0.201. The summed E-state index contributed by atoms with van der Waals surface area (Å²) in [6.45, 7) is 0. The number of hydrogen-bond donors (Lipinski definition) is 0. The molecule has 0 fully saturated rings. The highest BCUT2D eigenvalue weighted by atomic mass is 16.6. The van der Waals surface area contributed by atoms with Crippen LogP contribution in [0.4, 0.5) is 0 Å². The molecule has 3 aromatic rings. The molecule has 0 bridgehead atoms. The number of carbonyl (C=O) groups is 2. The smallest absolute Gasteiger partial charge is 0.345 e. The molecule has 0 N–H and O–H groups in total. The zero-order chi connectivity index (χ0) is 23.5. The fourth-order valence-electron chi connectivity index (χ4n) is 3.95. The molecule has 1 aromatic heterocycles. The highest BCUT2D eigenvalue weighted by Gasteiger charge is 2.37. The third-order valence-corrected chi connectivity index (χ3v) is 5.30. The molecule has 0 amide bonds. The standard InChI is InChI=1S/C25H20N2O6/c1-31-23(28)18-12-8-11-17-19(18)15-9-4-5-10-16(15)20(17)21(24(29)32-2)22(25(30)33-3)27-14-7-6-13-26-27/h4-14H,1-3H3. The molecule has 33 heavy (non-hydrogen) atoms. The van der Waals surface area contributed by atoms with Crippen LogP contribution in [0.25, 0.3) is 22.4 Å². The van der Waals surface area contributed by atoms with E-state index >= 15 is 0 Å². The Balaban J connectivity index is 2.18. The van der Waals surface area contributed by atoms with Crippen molar-refractivity contribution in [3.05, 3.63) is 95.2 Å². The monoisotopic (exact) mass is 444 g/mol. The number of fused-ring (bicyclic) bond motifs is 3. The van der Waals surface area contributed by atoms with Crippen molar-refractivity contribution in [3.63, 3.8) is 0 Å². The topological polar surface area (TPSA) is 102 Å². The molecule has 2 aromatic carbocycles. The number of hydrogen-bond acceptors (Lipinski definition) is 7. The van der Waals surface area contributed by atoms with E-state index < -0.39 is 17.9 Å². The van der Waals surface area contributed by atoms with Gasteiger partial charge in [0.1, 0.15) is 11.5 Å². The number of aromatic nitrogens is 2. The Hall–Kier alpha value is -4.46. The first kappa shape index (κ1) is 21.8. The van der Waals surface area contributed by atoms with Gasteiger partial charge in [0.05, 0.1) is 26.0 Å². The van der Waals surface area contributed by atoms with Gasteiger partial charge in [0.2, 0.25) is 6.20 Å². The van der Waals surface area contributed by atoms with E-state index in [-0.39, 0.29) is 11.3 Å². The highest BCUT2D eigenvalue weighted by molar-refractivity contribution is 6.18. The van der Waals surface area contributed by atoms with E-state index in [1.807, 2.05) is 24.3 Å². The van der Waals surface area contributed by atoms with Gasteiger partial charge in [0.15, 0.2) is 0 Å². The molecule has 1 aliphatic carbocycles. The molecular formula is C25H20N2O6. The summed E-state index contributed by atoms with van der Waals surface area (Å²) in [5.74, 6) is -2.05. The number of methoxy groups -OCH3 is 3. The Morgan fingerprint density at radius 1 is 0.848 bits per heavy atom. The van der Waals surface area contributed by atoms with Gasteiger partial charge >= 0.3 is 11.9 Å². The van der Waals surface area contributed by atoms with Gasteiger partial charge in [0.25, 0.3) is 5.70 Å². The van der Waals surface area contributed by atoms with Crippen LogP contribution in [0.3, 0.4) is 0 Å². The van der Waals surface area contributed by atoms with Crippen LogP contribution in [0.1, 0.15) is 21.5 Å². The molecule has 0 aliphatic heterocycles. The van der Waals surface area contributed by atoms with Crippen molar-refractivity contribution >= 4 is 23.2 Å². The van der Waals surface area contributed by atoms with Crippen molar-refractivity contribution < 1.29 is 33.6 Å². The summed E-state index contributed by atoms with van der Waals surface area (Å²) < 4.78 is 16.3. The van der Waals surface area contributed by atoms with E-state index in [0.717, 1.165) is 5.56 Å². The molecule has 0 radical (unpaired) electrons. The lowest BCUT2D eigenvalue weighted by molar-refractivity contribution is -0.649. The number of nitrogens with zero attached hydrogens (tertiary/aromatic N) is 2. The van der Waals surface area contributed by atoms with Crippen LogP contribution in [-0.4, -0.2) is 38.4 Å². The van der Waals surface area contributed by atoms with E-state index in [2.05, 4.69) is 5.10 Å². The van der Waals surface area contributed by atoms with E-state index in [9.17, 15) is 14.7 Å². The minimum atomic E-state index is -0.776. The third kappa shape index (κ3) is 3.61. The van der Waals surface area contributed by atoms with Gasteiger partial charge in [-0.15, -0.1) is 0 Å². The second-order valence-electron chi connectivity index (χ2n) is 6.99. The molecular weight excluding hydrogens is 424 g/mol. The number of ether oxygens (including phenoxy) is 3. The Morgan fingerprint density at radius 3 is 2.21 bits per heavy atom. The maximum absolute atomic E-state index is 13.2. The summed E-state index contributed by atoms with van der Waals surface area (Å²) in [4.78, 5) is 25.7. The normalized spacial score (nSPS) is 13.9. The lowest BCUT2D eigenvalue weighted by Gasteiger charge is -2.15. The van der Waals surface area contributed by atoms with Crippen molar-refractivity contribution in [2.45, 2.75) is 0 Å². The van der Waals surface area contributed by atoms with Crippen molar-refractivity contribution in [2.24, 2.45) is 0 Å². The summed E-state index contributed by atoms with van der Waals surface area (Å²) in [5.41, 5.74) is 3.17. The second-order valence-corrected chi connectivity index (χ2v) is 6.99. The van der Waals surface area contributed by atoms with Gasteiger partial charge < -0.3 is 19.3 Å². The molecule has 0 saturated carbocycles. The number of rotatable bonds is 5. The van der Waals surface area contributed by atoms with Crippen LogP contribution in [0.2, 0.25) is 0 Å². The molecule has 0 atom stereocenters. The minimum Gasteiger partial charge on any atom is -0.612 e. The van der Waals surface area contributed by atoms with Gasteiger partial charge in [-0.25, -0.2) is 9.59 Å². The summed E-state index contributed by atoms with van der Waals surface area (Å²) in [6, 6.07) is 15.8. The van der Waals surface area contributed by atoms with Gasteiger partial charge in [-0.1, -0.05) is 36.4 Å². The summed E-state index contributed by atoms with van der Waals surface area (Å²) in [7, 11) is 3.75. The van der Waals surface area contributed by atoms with Crippen LogP contribution in [0, 0.1) is 0 Å². The Bertz CT molecular complexity index is 1310. The molecule has 0 saturated heterocycles. The van der Waals surface area contributed by atoms with E-state index in [1.165, 1.54) is 38.4 Å². The van der Waals surface area contributed by atoms with Crippen LogP contribution < -0.4 is 9.79 Å². The average Bonchev–Trinajstić information content (AvgIpc) is 3.20. The van der Waals surface area contributed by atoms with Crippen LogP contribution >= 0.6 is 0 Å². The molecule has 0 spiro atoms. The molecule has 8 heteroatoms. The fraction of sp³-hybridized carbons (Fsp3) is 0.120. The van der Waals surface area contributed by atoms with Crippen molar-refractivity contribution in [2.75, 3.05) is 21.3 Å². The molecule has 0 unspecified atom stereocenters. The molecule has 1 aliphatic rings. The first-order valence-corrected chi connectivity index (χ1v) is 9.96. The summed E-state index contributed by atoms with van der Waals surface area (Å²) in [6.07, 6.45) is 3.01. The number of esters is 2. The zero-order valence-electron chi connectivity index (χ0n) is 18.2. The lowest BCUT2D eigenvalue weighted by Crippen LogP contribution is -2.41. The van der Waals surface area contributed by atoms with Gasteiger partial charge in [0, 0.05) is 17.2 Å². The van der Waals surface area contributed by atoms with Crippen LogP contribution in [0.5, 0.6) is 0 Å². The maximum Gasteiger partial charge on any atom is 0.345 e. The molecule has 8 nitrogen and oxygen atoms in total. The second kappa shape index (κ2) is 8.96. The minimum absolute atomic E-state index is 0.0405. The van der Waals surface area contributed by atoms with Gasteiger partial charge in [-0.3, -0.25) is 0 Å². The lowest BCUT2D eigenvalue weighted by atomic mass is 9.95. The summed E-state index contributed by atoms with van der Waals surface area (Å²) in [5, 5.41) is 17.1. The molecule has 1 heterocycles. The van der Waals surface area contributed by atoms with Crippen molar-refractivity contribution in [1.29, 1.82) is 0 Å². The SMILES string of the molecule is COC(=O)C(=C1/c2ccccc2-c2c(C(=O)OC)cccc21)/C(=C(\[O-])OC)[n+]1ccccn1. The number of benzene rings is 2. The van der Waals surface area contributed by atoms with E-state index in [1.54, 1.807) is 30.3 Å². The Morgan fingerprint density at radius 2 is 1.58 bits per heavy atom. The highest BCUT2D eigenvalue weighted by Crippen LogP contribution is 2.48. The Labute approximate surface area is 190 Å². The third-order valence-electron chi connectivity index (χ3n) is 5.30. The maximum atomic E-state index is 13.2. The predicted molar refractivity (Wildman–Crippen MR) is 116 cm³/mol. The summed E-state index contributed by atoms with van der Waals surface area (Å²) >= 11 is 0. The van der Waals surface area contributed by atoms with Crippen LogP contribution in [-0.2, 0) is 19.0 Å². The van der Waals surface area contributed by atoms with E-state index in [0.29, 0.717) is 27.8 Å². The first-order valence-electron chi connectivity index (χ1n) is 9.96. The van der Waals surface area contributed by atoms with Crippen LogP contribution in [0.15, 0.2) is 78.5 Å². The predicted octanol–water partition coefficient (Wildman–Crippen LogP) is 1.94. The molecule has 4 rings (SSSR count).